The molecule has 1 N–H and O–H groups in total. The Morgan fingerprint density at radius 2 is 1.64 bits per heavy atom. The summed E-state index contributed by atoms with van der Waals surface area (Å²) >= 11 is 9.74. The fourth-order valence-corrected chi connectivity index (χ4v) is 5.13. The van der Waals surface area contributed by atoms with Crippen LogP contribution < -0.4 is 10.1 Å². The predicted molar refractivity (Wildman–Crippen MR) is 161 cm³/mol. The zero-order valence-corrected chi connectivity index (χ0v) is 24.3. The Morgan fingerprint density at radius 3 is 2.38 bits per heavy atom. The van der Waals surface area contributed by atoms with Crippen molar-refractivity contribution in [2.45, 2.75) is 38.8 Å². The molecule has 7 heteroatoms. The van der Waals surface area contributed by atoms with Crippen molar-refractivity contribution < 1.29 is 14.3 Å². The van der Waals surface area contributed by atoms with Crippen LogP contribution in [0.2, 0.25) is 5.02 Å². The van der Waals surface area contributed by atoms with Gasteiger partial charge in [-0.15, -0.1) is 0 Å². The molecule has 0 aromatic heterocycles. The number of halogens is 2. The van der Waals surface area contributed by atoms with E-state index in [1.165, 1.54) is 0 Å². The highest BCUT2D eigenvalue weighted by Crippen LogP contribution is 2.33. The molecular formula is C32H32BrClN2O3. The van der Waals surface area contributed by atoms with Gasteiger partial charge in [-0.05, 0) is 62.4 Å². The number of benzene rings is 4. The van der Waals surface area contributed by atoms with Gasteiger partial charge in [0.15, 0.2) is 6.61 Å². The van der Waals surface area contributed by atoms with E-state index in [9.17, 15) is 9.59 Å². The molecule has 4 rings (SSSR count). The van der Waals surface area contributed by atoms with Crippen LogP contribution >= 0.6 is 27.5 Å². The summed E-state index contributed by atoms with van der Waals surface area (Å²) in [6.07, 6.45) is 2.22. The molecule has 0 radical (unpaired) electrons. The highest BCUT2D eigenvalue weighted by atomic mass is 79.9. The topological polar surface area (TPSA) is 58.6 Å². The van der Waals surface area contributed by atoms with E-state index in [2.05, 4.69) is 28.2 Å². The van der Waals surface area contributed by atoms with Crippen molar-refractivity contribution in [3.63, 3.8) is 0 Å². The van der Waals surface area contributed by atoms with Gasteiger partial charge in [-0.1, -0.05) is 97.7 Å². The molecular weight excluding hydrogens is 576 g/mol. The molecule has 0 spiro atoms. The van der Waals surface area contributed by atoms with Gasteiger partial charge in [0.1, 0.15) is 11.8 Å². The highest BCUT2D eigenvalue weighted by molar-refractivity contribution is 9.10. The van der Waals surface area contributed by atoms with E-state index in [4.69, 9.17) is 16.3 Å². The largest absolute Gasteiger partial charge is 0.483 e. The summed E-state index contributed by atoms with van der Waals surface area (Å²) in [7, 11) is 0. The fourth-order valence-electron chi connectivity index (χ4n) is 4.39. The quantitative estimate of drug-likeness (QED) is 0.173. The first kappa shape index (κ1) is 28.7. The number of ether oxygens (including phenoxy) is 1. The van der Waals surface area contributed by atoms with Gasteiger partial charge in [0.2, 0.25) is 5.91 Å². The third-order valence-electron chi connectivity index (χ3n) is 6.55. The van der Waals surface area contributed by atoms with E-state index in [1.807, 2.05) is 78.9 Å². The first-order valence-electron chi connectivity index (χ1n) is 13.1. The van der Waals surface area contributed by atoms with Crippen molar-refractivity contribution in [3.05, 3.63) is 112 Å². The molecule has 0 unspecified atom stereocenters. The van der Waals surface area contributed by atoms with Crippen molar-refractivity contribution in [1.29, 1.82) is 0 Å². The van der Waals surface area contributed by atoms with E-state index in [-0.39, 0.29) is 25.0 Å². The lowest BCUT2D eigenvalue weighted by Crippen LogP contribution is -2.51. The van der Waals surface area contributed by atoms with Gasteiger partial charge in [-0.3, -0.25) is 9.59 Å². The molecule has 0 aliphatic rings. The molecule has 0 saturated carbocycles. The lowest BCUT2D eigenvalue weighted by molar-refractivity contribution is -0.142. The van der Waals surface area contributed by atoms with Crippen LogP contribution in [0.1, 0.15) is 30.9 Å². The second kappa shape index (κ2) is 14.2. The van der Waals surface area contributed by atoms with Gasteiger partial charge in [-0.2, -0.15) is 0 Å². The normalized spacial score (nSPS) is 11.7. The molecule has 202 valence electrons. The summed E-state index contributed by atoms with van der Waals surface area (Å²) < 4.78 is 6.82. The van der Waals surface area contributed by atoms with Gasteiger partial charge in [0, 0.05) is 24.5 Å². The molecule has 0 aliphatic heterocycles. The maximum atomic E-state index is 13.8. The number of carbonyl (C=O) groups is 2. The van der Waals surface area contributed by atoms with Crippen molar-refractivity contribution in [2.24, 2.45) is 0 Å². The third-order valence-corrected chi connectivity index (χ3v) is 7.62. The smallest absolute Gasteiger partial charge is 0.261 e. The Balaban J connectivity index is 1.61. The number of amides is 2. The standard InChI is InChI=1S/C32H32BrClN2O3/c1-2-3-19-35-32(38)28(20-23-9-5-4-6-10-23)36(21-24-13-16-26(34)17-14-24)30(37)22-39-29-18-15-25-11-7-8-12-27(25)31(29)33/h4-18,28H,2-3,19-22H2,1H3,(H,35,38)/t28-/m1/s1. The Morgan fingerprint density at radius 1 is 0.923 bits per heavy atom. The molecule has 0 bridgehead atoms. The number of carbonyl (C=O) groups excluding carboxylic acids is 2. The molecule has 0 fully saturated rings. The van der Waals surface area contributed by atoms with E-state index in [0.717, 1.165) is 39.2 Å². The van der Waals surface area contributed by atoms with Crippen LogP contribution in [0.4, 0.5) is 0 Å². The summed E-state index contributed by atoms with van der Waals surface area (Å²) in [5, 5.41) is 5.71. The summed E-state index contributed by atoms with van der Waals surface area (Å²) in [6, 6.07) is 28.1. The predicted octanol–water partition coefficient (Wildman–Crippen LogP) is 7.19. The van der Waals surface area contributed by atoms with Gasteiger partial charge in [0.25, 0.3) is 5.91 Å². The van der Waals surface area contributed by atoms with E-state index < -0.39 is 6.04 Å². The summed E-state index contributed by atoms with van der Waals surface area (Å²) in [6.45, 7) is 2.67. The number of hydrogen-bond donors (Lipinski definition) is 1. The van der Waals surface area contributed by atoms with Crippen molar-refractivity contribution in [3.8, 4) is 5.75 Å². The number of unbranched alkanes of at least 4 members (excludes halogenated alkanes) is 1. The van der Waals surface area contributed by atoms with Gasteiger partial charge < -0.3 is 15.0 Å². The average Bonchev–Trinajstić information content (AvgIpc) is 2.96. The number of hydrogen-bond acceptors (Lipinski definition) is 3. The Hall–Kier alpha value is -3.35. The second-order valence-electron chi connectivity index (χ2n) is 9.39. The van der Waals surface area contributed by atoms with E-state index in [0.29, 0.717) is 23.7 Å². The maximum Gasteiger partial charge on any atom is 0.261 e. The lowest BCUT2D eigenvalue weighted by atomic mass is 10.0. The SMILES string of the molecule is CCCCNC(=O)[C@@H](Cc1ccccc1)N(Cc1ccc(Cl)cc1)C(=O)COc1ccc2ccccc2c1Br. The van der Waals surface area contributed by atoms with Crippen LogP contribution in [-0.4, -0.2) is 35.9 Å². The van der Waals surface area contributed by atoms with E-state index in [1.54, 1.807) is 17.0 Å². The van der Waals surface area contributed by atoms with Crippen molar-refractivity contribution in [2.75, 3.05) is 13.2 Å². The Bertz CT molecular complexity index is 1400. The molecule has 4 aromatic carbocycles. The molecule has 39 heavy (non-hydrogen) atoms. The van der Waals surface area contributed by atoms with Crippen LogP contribution in [0.25, 0.3) is 10.8 Å². The number of rotatable bonds is 12. The molecule has 4 aromatic rings. The van der Waals surface area contributed by atoms with Crippen molar-refractivity contribution >= 4 is 50.1 Å². The highest BCUT2D eigenvalue weighted by Gasteiger charge is 2.30. The lowest BCUT2D eigenvalue weighted by Gasteiger charge is -2.31. The second-order valence-corrected chi connectivity index (χ2v) is 10.6. The Kier molecular flexibility index (Phi) is 10.4. The molecule has 0 heterocycles. The molecule has 1 atom stereocenters. The summed E-state index contributed by atoms with van der Waals surface area (Å²) in [5.41, 5.74) is 1.85. The van der Waals surface area contributed by atoms with Crippen molar-refractivity contribution in [1.82, 2.24) is 10.2 Å². The minimum Gasteiger partial charge on any atom is -0.483 e. The maximum absolute atomic E-state index is 13.8. The van der Waals surface area contributed by atoms with E-state index >= 15 is 0 Å². The first-order valence-corrected chi connectivity index (χ1v) is 14.3. The molecule has 0 saturated heterocycles. The molecule has 2 amide bonds. The van der Waals surface area contributed by atoms with Gasteiger partial charge in [-0.25, -0.2) is 0 Å². The number of nitrogens with zero attached hydrogens (tertiary/aromatic N) is 1. The molecule has 5 nitrogen and oxygen atoms in total. The Labute approximate surface area is 243 Å². The fraction of sp³-hybridized carbons (Fsp3) is 0.250. The van der Waals surface area contributed by atoms with Crippen LogP contribution in [0.3, 0.4) is 0 Å². The first-order chi connectivity index (χ1) is 19.0. The minimum atomic E-state index is -0.712. The zero-order chi connectivity index (χ0) is 27.6. The van der Waals surface area contributed by atoms with Gasteiger partial charge in [0.05, 0.1) is 4.47 Å². The summed E-state index contributed by atoms with van der Waals surface area (Å²) in [5.74, 6) is 0.110. The molecule has 0 aliphatic carbocycles. The van der Waals surface area contributed by atoms with Crippen LogP contribution in [0, 0.1) is 0 Å². The van der Waals surface area contributed by atoms with Crippen LogP contribution in [0.5, 0.6) is 5.75 Å². The average molecular weight is 608 g/mol. The number of nitrogens with one attached hydrogen (secondary N) is 1. The zero-order valence-electron chi connectivity index (χ0n) is 21.9. The van der Waals surface area contributed by atoms with Crippen LogP contribution in [-0.2, 0) is 22.6 Å². The number of fused-ring (bicyclic) bond motifs is 1. The van der Waals surface area contributed by atoms with Gasteiger partial charge >= 0.3 is 0 Å². The monoisotopic (exact) mass is 606 g/mol. The summed E-state index contributed by atoms with van der Waals surface area (Å²) in [4.78, 5) is 28.9. The third kappa shape index (κ3) is 7.84. The minimum absolute atomic E-state index is 0.179. The van der Waals surface area contributed by atoms with Crippen LogP contribution in [0.15, 0.2) is 95.5 Å².